The molecule has 0 saturated heterocycles. The SMILES string of the molecule is C=C(NC[C@H]1CC[C@H](C(=O)OC)CC1)/C(C)=C(/C)Br. The van der Waals surface area contributed by atoms with Gasteiger partial charge in [0.05, 0.1) is 13.0 Å². The molecule has 0 aromatic heterocycles. The molecule has 0 heterocycles. The quantitative estimate of drug-likeness (QED) is 0.616. The van der Waals surface area contributed by atoms with E-state index in [1.807, 2.05) is 13.8 Å². The number of carbonyl (C=O) groups is 1. The topological polar surface area (TPSA) is 38.3 Å². The number of allylic oxidation sites excluding steroid dienone is 2. The van der Waals surface area contributed by atoms with Gasteiger partial charge in [0, 0.05) is 12.2 Å². The molecule has 0 aromatic rings. The Morgan fingerprint density at radius 2 is 1.89 bits per heavy atom. The highest BCUT2D eigenvalue weighted by Gasteiger charge is 2.26. The van der Waals surface area contributed by atoms with E-state index in [0.29, 0.717) is 5.92 Å². The molecule has 1 fully saturated rings. The summed E-state index contributed by atoms with van der Waals surface area (Å²) in [5.41, 5.74) is 2.13. The Balaban J connectivity index is 2.33. The molecule has 3 nitrogen and oxygen atoms in total. The first-order chi connectivity index (χ1) is 8.95. The average Bonchev–Trinajstić information content (AvgIpc) is 2.43. The highest BCUT2D eigenvalue weighted by atomic mass is 79.9. The van der Waals surface area contributed by atoms with Gasteiger partial charge in [-0.15, -0.1) is 0 Å². The highest BCUT2D eigenvalue weighted by molar-refractivity contribution is 9.11. The maximum Gasteiger partial charge on any atom is 0.308 e. The number of methoxy groups -OCH3 is 1. The summed E-state index contributed by atoms with van der Waals surface area (Å²) < 4.78 is 5.91. The molecular weight excluding hydrogens is 306 g/mol. The number of nitrogens with one attached hydrogen (secondary N) is 1. The van der Waals surface area contributed by atoms with Crippen molar-refractivity contribution in [3.05, 3.63) is 22.3 Å². The molecule has 1 aliphatic carbocycles. The Bertz CT molecular complexity index is 364. The molecule has 0 bridgehead atoms. The van der Waals surface area contributed by atoms with E-state index in [1.165, 1.54) is 7.11 Å². The lowest BCUT2D eigenvalue weighted by atomic mass is 9.82. The van der Waals surface area contributed by atoms with Gasteiger partial charge in [-0.1, -0.05) is 22.5 Å². The predicted octanol–water partition coefficient (Wildman–Crippen LogP) is 3.76. The fourth-order valence-electron chi connectivity index (χ4n) is 2.38. The Morgan fingerprint density at radius 3 is 2.37 bits per heavy atom. The lowest BCUT2D eigenvalue weighted by molar-refractivity contribution is -0.146. The zero-order chi connectivity index (χ0) is 14.4. The lowest BCUT2D eigenvalue weighted by Gasteiger charge is -2.27. The minimum Gasteiger partial charge on any atom is -0.469 e. The third kappa shape index (κ3) is 5.01. The number of esters is 1. The van der Waals surface area contributed by atoms with E-state index in [0.717, 1.165) is 48.0 Å². The number of carbonyl (C=O) groups excluding carboxylic acids is 1. The van der Waals surface area contributed by atoms with Gasteiger partial charge in [0.25, 0.3) is 0 Å². The van der Waals surface area contributed by atoms with Crippen molar-refractivity contribution in [1.29, 1.82) is 0 Å². The zero-order valence-corrected chi connectivity index (χ0v) is 13.7. The Morgan fingerprint density at radius 1 is 1.32 bits per heavy atom. The minimum atomic E-state index is -0.0514. The maximum atomic E-state index is 11.4. The summed E-state index contributed by atoms with van der Waals surface area (Å²) in [6.07, 6.45) is 4.04. The van der Waals surface area contributed by atoms with Gasteiger partial charge in [-0.3, -0.25) is 4.79 Å². The molecule has 1 rings (SSSR count). The van der Waals surface area contributed by atoms with Crippen molar-refractivity contribution in [3.63, 3.8) is 0 Å². The van der Waals surface area contributed by atoms with Crippen LogP contribution in [-0.4, -0.2) is 19.6 Å². The van der Waals surface area contributed by atoms with Gasteiger partial charge in [-0.2, -0.15) is 0 Å². The van der Waals surface area contributed by atoms with Crippen LogP contribution in [0.4, 0.5) is 0 Å². The molecule has 0 amide bonds. The van der Waals surface area contributed by atoms with Crippen LogP contribution in [0.1, 0.15) is 39.5 Å². The second kappa shape index (κ2) is 7.73. The molecule has 1 N–H and O–H groups in total. The Labute approximate surface area is 124 Å². The van der Waals surface area contributed by atoms with E-state index >= 15 is 0 Å². The molecule has 1 aliphatic rings. The second-order valence-electron chi connectivity index (χ2n) is 5.26. The fourth-order valence-corrected chi connectivity index (χ4v) is 2.62. The maximum absolute atomic E-state index is 11.4. The lowest BCUT2D eigenvalue weighted by Crippen LogP contribution is -2.29. The number of halogens is 1. The summed E-state index contributed by atoms with van der Waals surface area (Å²) in [6.45, 7) is 9.05. The van der Waals surface area contributed by atoms with Crippen LogP contribution >= 0.6 is 15.9 Å². The van der Waals surface area contributed by atoms with Gasteiger partial charge in [-0.05, 0) is 55.5 Å². The predicted molar refractivity (Wildman–Crippen MR) is 81.9 cm³/mol. The van der Waals surface area contributed by atoms with E-state index in [-0.39, 0.29) is 11.9 Å². The van der Waals surface area contributed by atoms with Crippen LogP contribution in [0, 0.1) is 11.8 Å². The van der Waals surface area contributed by atoms with Crippen molar-refractivity contribution < 1.29 is 9.53 Å². The van der Waals surface area contributed by atoms with E-state index in [1.54, 1.807) is 0 Å². The molecule has 0 aliphatic heterocycles. The van der Waals surface area contributed by atoms with Crippen molar-refractivity contribution in [2.75, 3.05) is 13.7 Å². The van der Waals surface area contributed by atoms with Crippen molar-refractivity contribution in [1.82, 2.24) is 5.32 Å². The molecule has 19 heavy (non-hydrogen) atoms. The van der Waals surface area contributed by atoms with Crippen molar-refractivity contribution in [3.8, 4) is 0 Å². The number of hydrogen-bond donors (Lipinski definition) is 1. The molecule has 0 unspecified atom stereocenters. The van der Waals surface area contributed by atoms with E-state index in [9.17, 15) is 4.79 Å². The monoisotopic (exact) mass is 329 g/mol. The number of ether oxygens (including phenoxy) is 1. The van der Waals surface area contributed by atoms with Crippen LogP contribution in [0.15, 0.2) is 22.3 Å². The summed E-state index contributed by atoms with van der Waals surface area (Å²) >= 11 is 3.47. The van der Waals surface area contributed by atoms with E-state index in [2.05, 4.69) is 27.8 Å². The first kappa shape index (κ1) is 16.3. The first-order valence-electron chi connectivity index (χ1n) is 6.79. The third-order valence-electron chi connectivity index (χ3n) is 3.95. The van der Waals surface area contributed by atoms with Crippen LogP contribution < -0.4 is 5.32 Å². The summed E-state index contributed by atoms with van der Waals surface area (Å²) in [5.74, 6) is 0.682. The summed E-state index contributed by atoms with van der Waals surface area (Å²) in [4.78, 5) is 11.4. The van der Waals surface area contributed by atoms with Gasteiger partial charge >= 0.3 is 5.97 Å². The van der Waals surface area contributed by atoms with Gasteiger partial charge in [0.15, 0.2) is 0 Å². The van der Waals surface area contributed by atoms with Gasteiger partial charge < -0.3 is 10.1 Å². The van der Waals surface area contributed by atoms with E-state index in [4.69, 9.17) is 4.74 Å². The molecule has 108 valence electrons. The number of rotatable bonds is 5. The normalized spacial score (nSPS) is 24.4. The van der Waals surface area contributed by atoms with Crippen molar-refractivity contribution in [2.45, 2.75) is 39.5 Å². The van der Waals surface area contributed by atoms with Crippen LogP contribution in [0.3, 0.4) is 0 Å². The van der Waals surface area contributed by atoms with Crippen LogP contribution in [0.25, 0.3) is 0 Å². The smallest absolute Gasteiger partial charge is 0.308 e. The number of hydrogen-bond acceptors (Lipinski definition) is 3. The highest BCUT2D eigenvalue weighted by Crippen LogP contribution is 2.29. The zero-order valence-electron chi connectivity index (χ0n) is 12.1. The van der Waals surface area contributed by atoms with Crippen molar-refractivity contribution >= 4 is 21.9 Å². The first-order valence-corrected chi connectivity index (χ1v) is 7.59. The van der Waals surface area contributed by atoms with Crippen LogP contribution in [-0.2, 0) is 9.53 Å². The van der Waals surface area contributed by atoms with Gasteiger partial charge in [0.2, 0.25) is 0 Å². The molecule has 0 radical (unpaired) electrons. The average molecular weight is 330 g/mol. The fraction of sp³-hybridized carbons (Fsp3) is 0.667. The summed E-state index contributed by atoms with van der Waals surface area (Å²) in [6, 6.07) is 0. The molecule has 1 saturated carbocycles. The third-order valence-corrected chi connectivity index (χ3v) is 4.55. The molecular formula is C15H24BrNO2. The minimum absolute atomic E-state index is 0.0514. The van der Waals surface area contributed by atoms with Crippen LogP contribution in [0.2, 0.25) is 0 Å². The Hall–Kier alpha value is -0.770. The molecule has 0 spiro atoms. The van der Waals surface area contributed by atoms with Crippen molar-refractivity contribution in [2.24, 2.45) is 11.8 Å². The van der Waals surface area contributed by atoms with Crippen LogP contribution in [0.5, 0.6) is 0 Å². The van der Waals surface area contributed by atoms with E-state index < -0.39 is 0 Å². The summed E-state index contributed by atoms with van der Waals surface area (Å²) in [7, 11) is 1.47. The second-order valence-corrected chi connectivity index (χ2v) is 6.45. The van der Waals surface area contributed by atoms with Gasteiger partial charge in [-0.25, -0.2) is 0 Å². The molecule has 0 atom stereocenters. The van der Waals surface area contributed by atoms with Gasteiger partial charge in [0.1, 0.15) is 0 Å². The molecule has 4 heteroatoms. The Kier molecular flexibility index (Phi) is 6.63. The largest absolute Gasteiger partial charge is 0.469 e. The molecule has 0 aromatic carbocycles. The summed E-state index contributed by atoms with van der Waals surface area (Å²) in [5, 5.41) is 3.39. The standard InChI is InChI=1S/C15H24BrNO2/c1-10(11(2)16)12(3)17-9-13-5-7-14(8-6-13)15(18)19-4/h13-14,17H,3,5-9H2,1-2,4H3/b11-10-/t13-,14-.